The van der Waals surface area contributed by atoms with Crippen molar-refractivity contribution in [3.05, 3.63) is 23.9 Å². The Balaban J connectivity index is 1.88. The van der Waals surface area contributed by atoms with E-state index in [-0.39, 0.29) is 11.9 Å². The van der Waals surface area contributed by atoms with Gasteiger partial charge in [-0.05, 0) is 38.3 Å². The Hall–Kier alpha value is -1.62. The number of pyridine rings is 1. The molecule has 0 spiro atoms. The number of rotatable bonds is 5. The number of hydrogen-bond acceptors (Lipinski definition) is 4. The van der Waals surface area contributed by atoms with Crippen molar-refractivity contribution in [3.8, 4) is 0 Å². The summed E-state index contributed by atoms with van der Waals surface area (Å²) < 4.78 is 0. The van der Waals surface area contributed by atoms with E-state index in [1.165, 1.54) is 12.8 Å². The van der Waals surface area contributed by atoms with Gasteiger partial charge in [-0.3, -0.25) is 4.79 Å². The lowest BCUT2D eigenvalue weighted by Gasteiger charge is -2.16. The van der Waals surface area contributed by atoms with E-state index < -0.39 is 0 Å². The average Bonchev–Trinajstić information content (AvgIpc) is 2.92. The van der Waals surface area contributed by atoms with Crippen molar-refractivity contribution in [2.75, 3.05) is 24.5 Å². The van der Waals surface area contributed by atoms with Gasteiger partial charge < -0.3 is 16.0 Å². The van der Waals surface area contributed by atoms with Gasteiger partial charge in [0.05, 0.1) is 5.56 Å². The van der Waals surface area contributed by atoms with Gasteiger partial charge in [0.2, 0.25) is 0 Å². The second-order valence-corrected chi connectivity index (χ2v) is 5.12. The van der Waals surface area contributed by atoms with Crippen LogP contribution in [0.15, 0.2) is 18.3 Å². The molecule has 0 saturated carbocycles. The summed E-state index contributed by atoms with van der Waals surface area (Å²) in [7, 11) is 0. The molecule has 2 rings (SSSR count). The van der Waals surface area contributed by atoms with Crippen molar-refractivity contribution in [2.24, 2.45) is 5.73 Å². The van der Waals surface area contributed by atoms with Gasteiger partial charge in [0, 0.05) is 31.9 Å². The Morgan fingerprint density at radius 3 is 2.79 bits per heavy atom. The molecule has 104 valence electrons. The quantitative estimate of drug-likeness (QED) is 0.835. The highest BCUT2D eigenvalue weighted by Gasteiger charge is 2.14. The van der Waals surface area contributed by atoms with Crippen molar-refractivity contribution >= 4 is 11.7 Å². The average molecular weight is 262 g/mol. The molecule has 1 unspecified atom stereocenters. The van der Waals surface area contributed by atoms with Crippen molar-refractivity contribution < 1.29 is 4.79 Å². The van der Waals surface area contributed by atoms with E-state index >= 15 is 0 Å². The summed E-state index contributed by atoms with van der Waals surface area (Å²) in [6, 6.07) is 3.86. The fourth-order valence-electron chi connectivity index (χ4n) is 2.17. The Bertz CT molecular complexity index is 410. The van der Waals surface area contributed by atoms with Crippen LogP contribution in [0.4, 0.5) is 5.82 Å². The second kappa shape index (κ2) is 6.52. The number of nitrogens with two attached hydrogens (primary N) is 1. The molecular weight excluding hydrogens is 240 g/mol. The third-order valence-electron chi connectivity index (χ3n) is 3.33. The smallest absolute Gasteiger partial charge is 0.252 e. The van der Waals surface area contributed by atoms with E-state index in [1.807, 2.05) is 19.1 Å². The summed E-state index contributed by atoms with van der Waals surface area (Å²) in [5.41, 5.74) is 6.24. The monoisotopic (exact) mass is 262 g/mol. The molecule has 0 radical (unpaired) electrons. The molecule has 1 aromatic rings. The molecule has 3 N–H and O–H groups in total. The van der Waals surface area contributed by atoms with Crippen molar-refractivity contribution in [3.63, 3.8) is 0 Å². The standard InChI is InChI=1S/C14H22N4O/c1-11(15)6-7-16-14(19)12-4-5-13(17-10-12)18-8-2-3-9-18/h4-5,10-11H,2-3,6-9,15H2,1H3,(H,16,19). The number of nitrogens with one attached hydrogen (secondary N) is 1. The van der Waals surface area contributed by atoms with Crippen LogP contribution in [-0.4, -0.2) is 36.6 Å². The number of hydrogen-bond donors (Lipinski definition) is 2. The molecule has 19 heavy (non-hydrogen) atoms. The number of carbonyl (C=O) groups excluding carboxylic acids is 1. The Kier molecular flexibility index (Phi) is 4.74. The minimum atomic E-state index is -0.0823. The molecule has 5 heteroatoms. The minimum absolute atomic E-state index is 0.0823. The van der Waals surface area contributed by atoms with E-state index in [0.29, 0.717) is 12.1 Å². The zero-order valence-electron chi connectivity index (χ0n) is 11.4. The van der Waals surface area contributed by atoms with Gasteiger partial charge in [-0.1, -0.05) is 0 Å². The molecular formula is C14H22N4O. The Morgan fingerprint density at radius 2 is 2.21 bits per heavy atom. The van der Waals surface area contributed by atoms with Crippen LogP contribution in [0.2, 0.25) is 0 Å². The van der Waals surface area contributed by atoms with E-state index in [4.69, 9.17) is 5.73 Å². The third-order valence-corrected chi connectivity index (χ3v) is 3.33. The minimum Gasteiger partial charge on any atom is -0.357 e. The van der Waals surface area contributed by atoms with E-state index in [0.717, 1.165) is 25.3 Å². The highest BCUT2D eigenvalue weighted by molar-refractivity contribution is 5.94. The molecule has 0 bridgehead atoms. The van der Waals surface area contributed by atoms with Crippen molar-refractivity contribution in [1.29, 1.82) is 0 Å². The summed E-state index contributed by atoms with van der Waals surface area (Å²) in [6.45, 7) is 4.66. The molecule has 1 aliphatic heterocycles. The lowest BCUT2D eigenvalue weighted by molar-refractivity contribution is 0.0952. The maximum atomic E-state index is 11.9. The van der Waals surface area contributed by atoms with Crippen LogP contribution in [-0.2, 0) is 0 Å². The van der Waals surface area contributed by atoms with Crippen molar-refractivity contribution in [2.45, 2.75) is 32.2 Å². The molecule has 1 aliphatic rings. The number of aromatic nitrogens is 1. The van der Waals surface area contributed by atoms with E-state index in [1.54, 1.807) is 6.20 Å². The predicted octanol–water partition coefficient (Wildman–Crippen LogP) is 1.15. The highest BCUT2D eigenvalue weighted by atomic mass is 16.1. The first-order chi connectivity index (χ1) is 9.16. The summed E-state index contributed by atoms with van der Waals surface area (Å²) >= 11 is 0. The van der Waals surface area contributed by atoms with Gasteiger partial charge in [0.1, 0.15) is 5.82 Å². The summed E-state index contributed by atoms with van der Waals surface area (Å²) in [4.78, 5) is 18.5. The van der Waals surface area contributed by atoms with Crippen LogP contribution < -0.4 is 16.0 Å². The van der Waals surface area contributed by atoms with Gasteiger partial charge in [-0.25, -0.2) is 4.98 Å². The van der Waals surface area contributed by atoms with Crippen LogP contribution in [0.25, 0.3) is 0 Å². The highest BCUT2D eigenvalue weighted by Crippen LogP contribution is 2.17. The van der Waals surface area contributed by atoms with Gasteiger partial charge in [0.25, 0.3) is 5.91 Å². The molecule has 2 heterocycles. The maximum Gasteiger partial charge on any atom is 0.252 e. The van der Waals surface area contributed by atoms with E-state index in [9.17, 15) is 4.79 Å². The van der Waals surface area contributed by atoms with Gasteiger partial charge in [-0.2, -0.15) is 0 Å². The molecule has 1 fully saturated rings. The van der Waals surface area contributed by atoms with Crippen LogP contribution in [0.1, 0.15) is 36.5 Å². The Morgan fingerprint density at radius 1 is 1.47 bits per heavy atom. The fraction of sp³-hybridized carbons (Fsp3) is 0.571. The van der Waals surface area contributed by atoms with Crippen LogP contribution in [0.5, 0.6) is 0 Å². The molecule has 0 aromatic carbocycles. The molecule has 1 saturated heterocycles. The molecule has 0 aliphatic carbocycles. The van der Waals surface area contributed by atoms with E-state index in [2.05, 4.69) is 15.2 Å². The van der Waals surface area contributed by atoms with Crippen LogP contribution in [0, 0.1) is 0 Å². The summed E-state index contributed by atoms with van der Waals surface area (Å²) in [5, 5.41) is 2.85. The number of anilines is 1. The number of carbonyl (C=O) groups is 1. The third kappa shape index (κ3) is 3.92. The largest absolute Gasteiger partial charge is 0.357 e. The van der Waals surface area contributed by atoms with Gasteiger partial charge >= 0.3 is 0 Å². The molecule has 5 nitrogen and oxygen atoms in total. The van der Waals surface area contributed by atoms with Gasteiger partial charge in [0.15, 0.2) is 0 Å². The molecule has 1 aromatic heterocycles. The maximum absolute atomic E-state index is 11.9. The number of nitrogens with zero attached hydrogens (tertiary/aromatic N) is 2. The fourth-order valence-corrected chi connectivity index (χ4v) is 2.17. The summed E-state index contributed by atoms with van der Waals surface area (Å²) in [5.74, 6) is 0.880. The van der Waals surface area contributed by atoms with Gasteiger partial charge in [-0.15, -0.1) is 0 Å². The zero-order chi connectivity index (χ0) is 13.7. The second-order valence-electron chi connectivity index (χ2n) is 5.12. The first-order valence-electron chi connectivity index (χ1n) is 6.91. The Labute approximate surface area is 114 Å². The van der Waals surface area contributed by atoms with Crippen LogP contribution in [0.3, 0.4) is 0 Å². The van der Waals surface area contributed by atoms with Crippen molar-refractivity contribution in [1.82, 2.24) is 10.3 Å². The lowest BCUT2D eigenvalue weighted by Crippen LogP contribution is -2.29. The SMILES string of the molecule is CC(N)CCNC(=O)c1ccc(N2CCCC2)nc1. The predicted molar refractivity (Wildman–Crippen MR) is 76.3 cm³/mol. The number of amides is 1. The first kappa shape index (κ1) is 13.8. The summed E-state index contributed by atoms with van der Waals surface area (Å²) in [6.07, 6.45) is 4.88. The first-order valence-corrected chi connectivity index (χ1v) is 6.91. The lowest BCUT2D eigenvalue weighted by atomic mass is 10.2. The topological polar surface area (TPSA) is 71.2 Å². The zero-order valence-corrected chi connectivity index (χ0v) is 11.4. The molecule has 1 amide bonds. The molecule has 1 atom stereocenters. The normalized spacial score (nSPS) is 16.4. The van der Waals surface area contributed by atoms with Crippen LogP contribution >= 0.6 is 0 Å².